The van der Waals surface area contributed by atoms with Crippen LogP contribution in [0.3, 0.4) is 0 Å². The normalized spacial score (nSPS) is 30.0. The van der Waals surface area contributed by atoms with Crippen molar-refractivity contribution in [3.8, 4) is 0 Å². The fourth-order valence-corrected chi connectivity index (χ4v) is 2.53. The fraction of sp³-hybridized carbons (Fsp3) is 1.00. The Morgan fingerprint density at radius 2 is 1.09 bits per heavy atom. The number of rotatable bonds is 8. The molecule has 1 aliphatic rings. The van der Waals surface area contributed by atoms with Gasteiger partial charge < -0.3 is 23.7 Å². The lowest BCUT2D eigenvalue weighted by Gasteiger charge is -2.44. The number of hydrogen-bond acceptors (Lipinski definition) is 5. The summed E-state index contributed by atoms with van der Waals surface area (Å²) in [7, 11) is 0. The summed E-state index contributed by atoms with van der Waals surface area (Å²) in [6, 6.07) is 0. The third-order valence-electron chi connectivity index (χ3n) is 3.10. The second kappa shape index (κ2) is 9.18. The van der Waals surface area contributed by atoms with E-state index >= 15 is 0 Å². The highest BCUT2D eigenvalue weighted by molar-refractivity contribution is 4.88. The van der Waals surface area contributed by atoms with Crippen molar-refractivity contribution in [2.75, 3.05) is 6.61 Å². The lowest BCUT2D eigenvalue weighted by Crippen LogP contribution is -2.58. The second-order valence-electron chi connectivity index (χ2n) is 6.91. The molecule has 5 nitrogen and oxygen atoms in total. The van der Waals surface area contributed by atoms with Gasteiger partial charge in [-0.25, -0.2) is 0 Å². The maximum atomic E-state index is 6.12. The van der Waals surface area contributed by atoms with Crippen molar-refractivity contribution in [3.63, 3.8) is 0 Å². The first-order valence-electron chi connectivity index (χ1n) is 8.44. The van der Waals surface area contributed by atoms with Gasteiger partial charge in [0, 0.05) is 0 Å². The Labute approximate surface area is 135 Å². The van der Waals surface area contributed by atoms with Crippen LogP contribution in [0, 0.1) is 0 Å². The van der Waals surface area contributed by atoms with Crippen molar-refractivity contribution >= 4 is 0 Å². The molecule has 0 aromatic heterocycles. The van der Waals surface area contributed by atoms with Gasteiger partial charge in [0.05, 0.1) is 31.0 Å². The average Bonchev–Trinajstić information content (AvgIpc) is 2.34. The molecule has 0 radical (unpaired) electrons. The van der Waals surface area contributed by atoms with E-state index in [1.807, 2.05) is 55.4 Å². The highest BCUT2D eigenvalue weighted by Crippen LogP contribution is 2.27. The van der Waals surface area contributed by atoms with Gasteiger partial charge in [-0.3, -0.25) is 0 Å². The van der Waals surface area contributed by atoms with Gasteiger partial charge in [-0.2, -0.15) is 0 Å². The Morgan fingerprint density at radius 3 is 1.55 bits per heavy atom. The van der Waals surface area contributed by atoms with E-state index in [1.165, 1.54) is 0 Å². The molecule has 132 valence electrons. The van der Waals surface area contributed by atoms with Crippen LogP contribution >= 0.6 is 0 Å². The van der Waals surface area contributed by atoms with Crippen LogP contribution in [0.25, 0.3) is 0 Å². The smallest absolute Gasteiger partial charge is 0.186 e. The van der Waals surface area contributed by atoms with Crippen LogP contribution in [0.15, 0.2) is 0 Å². The van der Waals surface area contributed by atoms with Crippen molar-refractivity contribution in [1.82, 2.24) is 0 Å². The molecule has 0 amide bonds. The first-order valence-corrected chi connectivity index (χ1v) is 8.44. The van der Waals surface area contributed by atoms with E-state index < -0.39 is 6.29 Å². The van der Waals surface area contributed by atoms with E-state index in [9.17, 15) is 0 Å². The molecule has 0 aliphatic carbocycles. The lowest BCUT2D eigenvalue weighted by molar-refractivity contribution is -0.313. The molecule has 22 heavy (non-hydrogen) atoms. The molecule has 1 saturated heterocycles. The van der Waals surface area contributed by atoms with Gasteiger partial charge in [-0.1, -0.05) is 0 Å². The van der Waals surface area contributed by atoms with Crippen LogP contribution in [-0.2, 0) is 23.7 Å². The number of ether oxygens (including phenoxy) is 5. The molecule has 0 spiro atoms. The largest absolute Gasteiger partial charge is 0.370 e. The van der Waals surface area contributed by atoms with Crippen molar-refractivity contribution < 1.29 is 23.7 Å². The summed E-state index contributed by atoms with van der Waals surface area (Å²) in [6.07, 6.45) is -0.789. The highest BCUT2D eigenvalue weighted by atomic mass is 16.7. The summed E-state index contributed by atoms with van der Waals surface area (Å²) in [5.41, 5.74) is 0. The predicted octanol–water partition coefficient (Wildman–Crippen LogP) is 3.15. The fourth-order valence-electron chi connectivity index (χ4n) is 2.53. The molecular weight excluding hydrogens is 284 g/mol. The van der Waals surface area contributed by atoms with Crippen molar-refractivity contribution in [3.05, 3.63) is 0 Å². The van der Waals surface area contributed by atoms with E-state index in [1.54, 1.807) is 0 Å². The van der Waals surface area contributed by atoms with E-state index in [2.05, 4.69) is 0 Å². The Bertz CT molecular complexity index is 273. The summed E-state index contributed by atoms with van der Waals surface area (Å²) in [5.74, 6) is 0. The first-order chi connectivity index (χ1) is 10.2. The van der Waals surface area contributed by atoms with Gasteiger partial charge in [-0.15, -0.1) is 0 Å². The van der Waals surface area contributed by atoms with Crippen LogP contribution < -0.4 is 0 Å². The van der Waals surface area contributed by atoms with Crippen molar-refractivity contribution in [2.45, 2.75) is 104 Å². The summed E-state index contributed by atoms with van der Waals surface area (Å²) in [5, 5.41) is 0. The van der Waals surface area contributed by atoms with Gasteiger partial charge in [0.15, 0.2) is 6.29 Å². The Hall–Kier alpha value is -0.200. The first kappa shape index (κ1) is 19.8. The summed E-state index contributed by atoms with van der Waals surface area (Å²) in [6.45, 7) is 16.5. The molecule has 0 N–H and O–H groups in total. The SMILES string of the molecule is CC(C)OC1CO[C@@H](OC(C)C)[C@H](OC(C)C)[C@@H]1OC(C)C. The van der Waals surface area contributed by atoms with Gasteiger partial charge in [0.1, 0.15) is 18.3 Å². The van der Waals surface area contributed by atoms with Gasteiger partial charge in [-0.05, 0) is 55.4 Å². The minimum atomic E-state index is -0.432. The third-order valence-corrected chi connectivity index (χ3v) is 3.10. The minimum Gasteiger partial charge on any atom is -0.370 e. The molecule has 0 saturated carbocycles. The maximum Gasteiger partial charge on any atom is 0.186 e. The lowest BCUT2D eigenvalue weighted by atomic mass is 10.0. The van der Waals surface area contributed by atoms with Crippen molar-refractivity contribution in [1.29, 1.82) is 0 Å². The summed E-state index contributed by atoms with van der Waals surface area (Å²) >= 11 is 0. The second-order valence-corrected chi connectivity index (χ2v) is 6.91. The molecule has 1 unspecified atom stereocenters. The predicted molar refractivity (Wildman–Crippen MR) is 86.0 cm³/mol. The zero-order valence-electron chi connectivity index (χ0n) is 15.4. The molecule has 1 fully saturated rings. The van der Waals surface area contributed by atoms with Gasteiger partial charge in [0.2, 0.25) is 0 Å². The zero-order chi connectivity index (χ0) is 16.9. The molecule has 0 aromatic rings. The maximum absolute atomic E-state index is 6.12. The van der Waals surface area contributed by atoms with Gasteiger partial charge in [0.25, 0.3) is 0 Å². The van der Waals surface area contributed by atoms with E-state index in [-0.39, 0.29) is 42.7 Å². The topological polar surface area (TPSA) is 46.2 Å². The Balaban J connectivity index is 2.93. The molecular formula is C17H34O5. The quantitative estimate of drug-likeness (QED) is 0.688. The Kier molecular flexibility index (Phi) is 8.28. The van der Waals surface area contributed by atoms with Crippen LogP contribution in [0.1, 0.15) is 55.4 Å². The van der Waals surface area contributed by atoms with Gasteiger partial charge >= 0.3 is 0 Å². The van der Waals surface area contributed by atoms with Crippen LogP contribution in [0.5, 0.6) is 0 Å². The Morgan fingerprint density at radius 1 is 0.636 bits per heavy atom. The van der Waals surface area contributed by atoms with Crippen molar-refractivity contribution in [2.24, 2.45) is 0 Å². The summed E-state index contributed by atoms with van der Waals surface area (Å²) in [4.78, 5) is 0. The number of hydrogen-bond donors (Lipinski definition) is 0. The molecule has 0 bridgehead atoms. The average molecular weight is 318 g/mol. The molecule has 0 aromatic carbocycles. The van der Waals surface area contributed by atoms with E-state index in [0.717, 1.165) is 0 Å². The molecule has 5 heteroatoms. The van der Waals surface area contributed by atoms with E-state index in [4.69, 9.17) is 23.7 Å². The third kappa shape index (κ3) is 6.50. The molecule has 1 heterocycles. The molecule has 4 atom stereocenters. The minimum absolute atomic E-state index is 0.0583. The zero-order valence-corrected chi connectivity index (χ0v) is 15.4. The van der Waals surface area contributed by atoms with Crippen LogP contribution in [-0.4, -0.2) is 55.6 Å². The highest BCUT2D eigenvalue weighted by Gasteiger charge is 2.45. The molecule has 1 aliphatic heterocycles. The van der Waals surface area contributed by atoms with E-state index in [0.29, 0.717) is 6.61 Å². The summed E-state index contributed by atoms with van der Waals surface area (Å²) < 4.78 is 29.9. The van der Waals surface area contributed by atoms with Crippen LogP contribution in [0.4, 0.5) is 0 Å². The van der Waals surface area contributed by atoms with Crippen LogP contribution in [0.2, 0.25) is 0 Å². The standard InChI is InChI=1S/C17H34O5/c1-10(2)19-14-9-18-17(22-13(7)8)16(21-12(5)6)15(14)20-11(3)4/h10-17H,9H2,1-8H3/t14?,15-,16-,17+/m1/s1. The molecule has 1 rings (SSSR count). The monoisotopic (exact) mass is 318 g/mol.